The first-order valence-electron chi connectivity index (χ1n) is 5.24. The summed E-state index contributed by atoms with van der Waals surface area (Å²) in [6.07, 6.45) is 2.18. The number of carboxylic acids is 1. The molecule has 0 saturated carbocycles. The van der Waals surface area contributed by atoms with Crippen LogP contribution in [0.15, 0.2) is 22.7 Å². The summed E-state index contributed by atoms with van der Waals surface area (Å²) < 4.78 is 6.36. The molecule has 0 saturated heterocycles. The second-order valence-corrected chi connectivity index (χ2v) is 4.52. The van der Waals surface area contributed by atoms with Crippen LogP contribution in [-0.2, 0) is 0 Å². The van der Waals surface area contributed by atoms with Gasteiger partial charge in [0.05, 0.1) is 16.1 Å². The number of hydrogen-bond donors (Lipinski definition) is 1. The van der Waals surface area contributed by atoms with Crippen LogP contribution in [0.3, 0.4) is 0 Å². The highest BCUT2D eigenvalue weighted by atomic mass is 79.9. The topological polar surface area (TPSA) is 46.5 Å². The number of carboxylic acid groups (broad SMARTS) is 1. The lowest BCUT2D eigenvalue weighted by molar-refractivity contribution is 0.0696. The van der Waals surface area contributed by atoms with Crippen LogP contribution in [0.2, 0.25) is 0 Å². The number of aromatic carboxylic acids is 1. The molecule has 0 aliphatic rings. The summed E-state index contributed by atoms with van der Waals surface area (Å²) in [4.78, 5) is 10.7. The molecule has 0 fully saturated rings. The van der Waals surface area contributed by atoms with Crippen LogP contribution < -0.4 is 4.74 Å². The van der Waals surface area contributed by atoms with Crippen LogP contribution in [0.4, 0.5) is 0 Å². The Balaban J connectivity index is 2.79. The van der Waals surface area contributed by atoms with Crippen LogP contribution in [-0.4, -0.2) is 17.2 Å². The summed E-state index contributed by atoms with van der Waals surface area (Å²) in [6, 6.07) is 4.77. The molecule has 0 heterocycles. The van der Waals surface area contributed by atoms with Gasteiger partial charge in [-0.25, -0.2) is 4.79 Å². The quantitative estimate of drug-likeness (QED) is 0.897. The van der Waals surface area contributed by atoms with E-state index in [0.717, 1.165) is 12.8 Å². The van der Waals surface area contributed by atoms with Gasteiger partial charge in [-0.1, -0.05) is 13.3 Å². The normalized spacial score (nSPS) is 12.2. The van der Waals surface area contributed by atoms with Gasteiger partial charge in [-0.15, -0.1) is 0 Å². The molecule has 16 heavy (non-hydrogen) atoms. The highest BCUT2D eigenvalue weighted by molar-refractivity contribution is 9.10. The number of halogens is 1. The van der Waals surface area contributed by atoms with E-state index in [4.69, 9.17) is 9.84 Å². The number of benzene rings is 1. The van der Waals surface area contributed by atoms with Gasteiger partial charge in [0.15, 0.2) is 0 Å². The molecule has 1 rings (SSSR count). The molecular weight excluding hydrogens is 272 g/mol. The van der Waals surface area contributed by atoms with Crippen LogP contribution in [0.25, 0.3) is 0 Å². The molecule has 0 bridgehead atoms. The second kappa shape index (κ2) is 5.89. The van der Waals surface area contributed by atoms with Gasteiger partial charge >= 0.3 is 5.97 Å². The van der Waals surface area contributed by atoms with E-state index in [1.807, 2.05) is 6.92 Å². The molecule has 1 aromatic carbocycles. The largest absolute Gasteiger partial charge is 0.490 e. The summed E-state index contributed by atoms with van der Waals surface area (Å²) in [5.74, 6) is -0.250. The van der Waals surface area contributed by atoms with Gasteiger partial charge in [0.2, 0.25) is 0 Å². The molecule has 0 radical (unpaired) electrons. The molecule has 0 amide bonds. The van der Waals surface area contributed by atoms with Crippen molar-refractivity contribution in [2.24, 2.45) is 0 Å². The fourth-order valence-corrected chi connectivity index (χ4v) is 1.88. The maximum Gasteiger partial charge on any atom is 0.335 e. The van der Waals surface area contributed by atoms with E-state index in [1.165, 1.54) is 0 Å². The van der Waals surface area contributed by atoms with Gasteiger partial charge in [-0.3, -0.25) is 0 Å². The molecule has 0 spiro atoms. The fraction of sp³-hybridized carbons (Fsp3) is 0.417. The van der Waals surface area contributed by atoms with Crippen molar-refractivity contribution in [1.29, 1.82) is 0 Å². The maximum absolute atomic E-state index is 10.7. The molecular formula is C12H15BrO3. The average molecular weight is 287 g/mol. The van der Waals surface area contributed by atoms with Gasteiger partial charge in [-0.2, -0.15) is 0 Å². The fourth-order valence-electron chi connectivity index (χ4n) is 1.41. The van der Waals surface area contributed by atoms with E-state index >= 15 is 0 Å². The van der Waals surface area contributed by atoms with Crippen molar-refractivity contribution in [2.45, 2.75) is 32.8 Å². The number of carbonyl (C=O) groups is 1. The van der Waals surface area contributed by atoms with E-state index in [9.17, 15) is 4.79 Å². The van der Waals surface area contributed by atoms with Crippen molar-refractivity contribution in [3.63, 3.8) is 0 Å². The third-order valence-corrected chi connectivity index (χ3v) is 2.82. The van der Waals surface area contributed by atoms with Crippen molar-refractivity contribution in [2.75, 3.05) is 0 Å². The molecule has 1 N–H and O–H groups in total. The highest BCUT2D eigenvalue weighted by Gasteiger charge is 2.09. The predicted octanol–water partition coefficient (Wildman–Crippen LogP) is 3.71. The Morgan fingerprint density at radius 3 is 2.75 bits per heavy atom. The van der Waals surface area contributed by atoms with Gasteiger partial charge < -0.3 is 9.84 Å². The minimum absolute atomic E-state index is 0.136. The van der Waals surface area contributed by atoms with Gasteiger partial charge in [0.1, 0.15) is 5.75 Å². The molecule has 0 aromatic heterocycles. The summed E-state index contributed by atoms with van der Waals surface area (Å²) >= 11 is 3.31. The van der Waals surface area contributed by atoms with Crippen molar-refractivity contribution < 1.29 is 14.6 Å². The summed E-state index contributed by atoms with van der Waals surface area (Å²) in [5, 5.41) is 8.80. The Bertz CT molecular complexity index is 377. The lowest BCUT2D eigenvalue weighted by Crippen LogP contribution is -2.11. The summed E-state index contributed by atoms with van der Waals surface area (Å²) in [5.41, 5.74) is 0.252. The Labute approximate surface area is 104 Å². The Hall–Kier alpha value is -1.03. The Morgan fingerprint density at radius 2 is 2.25 bits per heavy atom. The zero-order chi connectivity index (χ0) is 12.1. The van der Waals surface area contributed by atoms with E-state index in [-0.39, 0.29) is 11.7 Å². The average Bonchev–Trinajstić information content (AvgIpc) is 2.21. The Morgan fingerprint density at radius 1 is 1.56 bits per heavy atom. The van der Waals surface area contributed by atoms with Crippen molar-refractivity contribution >= 4 is 21.9 Å². The lowest BCUT2D eigenvalue weighted by atomic mass is 10.2. The van der Waals surface area contributed by atoms with Gasteiger partial charge in [0, 0.05) is 0 Å². The molecule has 0 aliphatic carbocycles. The van der Waals surface area contributed by atoms with E-state index < -0.39 is 5.97 Å². The first-order valence-corrected chi connectivity index (χ1v) is 6.03. The third kappa shape index (κ3) is 3.52. The van der Waals surface area contributed by atoms with E-state index in [2.05, 4.69) is 22.9 Å². The highest BCUT2D eigenvalue weighted by Crippen LogP contribution is 2.27. The maximum atomic E-state index is 10.7. The van der Waals surface area contributed by atoms with Crippen molar-refractivity contribution in [3.05, 3.63) is 28.2 Å². The van der Waals surface area contributed by atoms with Crippen LogP contribution in [0.5, 0.6) is 5.75 Å². The SMILES string of the molecule is CCCC(C)Oc1ccc(C(=O)O)cc1Br. The first-order chi connectivity index (χ1) is 7.54. The predicted molar refractivity (Wildman–Crippen MR) is 66.1 cm³/mol. The molecule has 1 atom stereocenters. The second-order valence-electron chi connectivity index (χ2n) is 3.67. The Kier molecular flexibility index (Phi) is 4.80. The van der Waals surface area contributed by atoms with Gasteiger partial charge in [0.25, 0.3) is 0 Å². The molecule has 4 heteroatoms. The molecule has 1 unspecified atom stereocenters. The smallest absolute Gasteiger partial charge is 0.335 e. The van der Waals surface area contributed by atoms with Crippen molar-refractivity contribution in [3.8, 4) is 5.75 Å². The number of hydrogen-bond acceptors (Lipinski definition) is 2. The minimum Gasteiger partial charge on any atom is -0.490 e. The molecule has 3 nitrogen and oxygen atoms in total. The van der Waals surface area contributed by atoms with E-state index in [0.29, 0.717) is 10.2 Å². The monoisotopic (exact) mass is 286 g/mol. The zero-order valence-corrected chi connectivity index (χ0v) is 11.0. The van der Waals surface area contributed by atoms with Crippen molar-refractivity contribution in [1.82, 2.24) is 0 Å². The summed E-state index contributed by atoms with van der Waals surface area (Å²) in [7, 11) is 0. The minimum atomic E-state index is -0.936. The molecule has 88 valence electrons. The number of rotatable bonds is 5. The molecule has 0 aliphatic heterocycles. The third-order valence-electron chi connectivity index (χ3n) is 2.20. The summed E-state index contributed by atoms with van der Waals surface area (Å²) in [6.45, 7) is 4.10. The lowest BCUT2D eigenvalue weighted by Gasteiger charge is -2.15. The zero-order valence-electron chi connectivity index (χ0n) is 9.37. The van der Waals surface area contributed by atoms with Crippen LogP contribution in [0.1, 0.15) is 37.0 Å². The van der Waals surface area contributed by atoms with Crippen LogP contribution >= 0.6 is 15.9 Å². The van der Waals surface area contributed by atoms with Gasteiger partial charge in [-0.05, 0) is 47.5 Å². The van der Waals surface area contributed by atoms with Crippen LogP contribution in [0, 0.1) is 0 Å². The number of ether oxygens (including phenoxy) is 1. The molecule has 1 aromatic rings. The first kappa shape index (κ1) is 13.0. The van der Waals surface area contributed by atoms with E-state index in [1.54, 1.807) is 18.2 Å². The standard InChI is InChI=1S/C12H15BrO3/c1-3-4-8(2)16-11-6-5-9(12(14)15)7-10(11)13/h5-8H,3-4H2,1-2H3,(H,14,15).